The number of nitrogens with two attached hydrogens (primary N) is 1. The first-order valence-corrected chi connectivity index (χ1v) is 5.80. The molecule has 0 aliphatic heterocycles. The molecule has 1 heteroatoms. The molecule has 0 bridgehead atoms. The van der Waals surface area contributed by atoms with E-state index in [4.69, 9.17) is 5.73 Å². The molecule has 0 aliphatic carbocycles. The van der Waals surface area contributed by atoms with E-state index in [1.807, 2.05) is 12.1 Å². The monoisotopic (exact) mass is 223 g/mol. The van der Waals surface area contributed by atoms with Gasteiger partial charge in [-0.2, -0.15) is 0 Å². The summed E-state index contributed by atoms with van der Waals surface area (Å²) in [6.45, 7) is 4.19. The minimum absolute atomic E-state index is 0.800. The largest absolute Gasteiger partial charge is 0.399 e. The molecule has 0 amide bonds. The van der Waals surface area contributed by atoms with Crippen molar-refractivity contribution in [2.45, 2.75) is 13.8 Å². The highest BCUT2D eigenvalue weighted by Gasteiger charge is 2.00. The summed E-state index contributed by atoms with van der Waals surface area (Å²) in [7, 11) is 0. The summed E-state index contributed by atoms with van der Waals surface area (Å²) in [5, 5.41) is 0. The van der Waals surface area contributed by atoms with Gasteiger partial charge in [-0.3, -0.25) is 0 Å². The van der Waals surface area contributed by atoms with Crippen molar-refractivity contribution < 1.29 is 0 Å². The summed E-state index contributed by atoms with van der Waals surface area (Å²) < 4.78 is 0. The molecule has 0 aliphatic rings. The number of benzene rings is 2. The molecule has 0 atom stereocenters. The number of rotatable bonds is 2. The van der Waals surface area contributed by atoms with E-state index in [1.54, 1.807) is 0 Å². The van der Waals surface area contributed by atoms with Gasteiger partial charge in [0.2, 0.25) is 0 Å². The van der Waals surface area contributed by atoms with Gasteiger partial charge in [-0.1, -0.05) is 36.4 Å². The first-order chi connectivity index (χ1) is 8.20. The molecule has 2 aromatic carbocycles. The van der Waals surface area contributed by atoms with E-state index in [1.165, 1.54) is 22.3 Å². The van der Waals surface area contributed by atoms with E-state index in [0.717, 1.165) is 5.69 Å². The van der Waals surface area contributed by atoms with E-state index in [2.05, 4.69) is 56.3 Å². The maximum Gasteiger partial charge on any atom is 0.0314 e. The second kappa shape index (κ2) is 4.88. The third kappa shape index (κ3) is 2.56. The second-order valence-corrected chi connectivity index (χ2v) is 4.17. The van der Waals surface area contributed by atoms with Gasteiger partial charge in [0.15, 0.2) is 0 Å². The van der Waals surface area contributed by atoms with Crippen LogP contribution >= 0.6 is 0 Å². The molecule has 0 spiro atoms. The lowest BCUT2D eigenvalue weighted by atomic mass is 9.99. The predicted octanol–water partition coefficient (Wildman–Crippen LogP) is 4.36. The van der Waals surface area contributed by atoms with Crippen LogP contribution in [-0.4, -0.2) is 0 Å². The molecule has 2 N–H and O–H groups in total. The van der Waals surface area contributed by atoms with E-state index >= 15 is 0 Å². The zero-order valence-corrected chi connectivity index (χ0v) is 10.3. The first-order valence-electron chi connectivity index (χ1n) is 5.80. The lowest BCUT2D eigenvalue weighted by molar-refractivity contribution is 1.53. The molecule has 1 nitrogen and oxygen atoms in total. The summed E-state index contributed by atoms with van der Waals surface area (Å²) in [6.07, 6.45) is 2.13. The number of anilines is 1. The van der Waals surface area contributed by atoms with Crippen molar-refractivity contribution >= 4 is 11.3 Å². The smallest absolute Gasteiger partial charge is 0.0314 e. The van der Waals surface area contributed by atoms with Gasteiger partial charge in [0.05, 0.1) is 0 Å². The fraction of sp³-hybridized carbons (Fsp3) is 0.125. The van der Waals surface area contributed by atoms with Crippen LogP contribution in [0.4, 0.5) is 5.69 Å². The quantitative estimate of drug-likeness (QED) is 0.752. The third-order valence-corrected chi connectivity index (χ3v) is 2.99. The normalized spacial score (nSPS) is 11.5. The maximum atomic E-state index is 5.70. The van der Waals surface area contributed by atoms with Crippen LogP contribution in [0.15, 0.2) is 54.6 Å². The zero-order chi connectivity index (χ0) is 12.3. The zero-order valence-electron chi connectivity index (χ0n) is 10.3. The number of hydrogen-bond acceptors (Lipinski definition) is 1. The molecule has 0 radical (unpaired) electrons. The minimum Gasteiger partial charge on any atom is -0.399 e. The molecule has 0 fully saturated rings. The van der Waals surface area contributed by atoms with E-state index in [9.17, 15) is 0 Å². The summed E-state index contributed by atoms with van der Waals surface area (Å²) in [6, 6.07) is 16.5. The van der Waals surface area contributed by atoms with Crippen LogP contribution in [-0.2, 0) is 0 Å². The Morgan fingerprint density at radius 3 is 2.35 bits per heavy atom. The molecule has 0 heterocycles. The lowest BCUT2D eigenvalue weighted by Gasteiger charge is -2.06. The average Bonchev–Trinajstić information content (AvgIpc) is 2.39. The molecule has 0 saturated carbocycles. The van der Waals surface area contributed by atoms with Crippen molar-refractivity contribution in [3.63, 3.8) is 0 Å². The third-order valence-electron chi connectivity index (χ3n) is 2.99. The van der Waals surface area contributed by atoms with Crippen LogP contribution in [0.25, 0.3) is 16.7 Å². The molecule has 2 aromatic rings. The molecule has 0 aromatic heterocycles. The van der Waals surface area contributed by atoms with Gasteiger partial charge in [-0.05, 0) is 54.3 Å². The number of hydrogen-bond donors (Lipinski definition) is 1. The molecule has 17 heavy (non-hydrogen) atoms. The summed E-state index contributed by atoms with van der Waals surface area (Å²) >= 11 is 0. The Morgan fingerprint density at radius 2 is 1.71 bits per heavy atom. The van der Waals surface area contributed by atoms with Gasteiger partial charge >= 0.3 is 0 Å². The van der Waals surface area contributed by atoms with Gasteiger partial charge in [-0.25, -0.2) is 0 Å². The van der Waals surface area contributed by atoms with Crippen LogP contribution in [0.5, 0.6) is 0 Å². The highest BCUT2D eigenvalue weighted by atomic mass is 14.5. The Labute approximate surface area is 103 Å². The summed E-state index contributed by atoms with van der Waals surface area (Å²) in [4.78, 5) is 0. The van der Waals surface area contributed by atoms with Crippen LogP contribution in [0.3, 0.4) is 0 Å². The van der Waals surface area contributed by atoms with E-state index < -0.39 is 0 Å². The predicted molar refractivity (Wildman–Crippen MR) is 75.6 cm³/mol. The Kier molecular flexibility index (Phi) is 3.29. The average molecular weight is 223 g/mol. The van der Waals surface area contributed by atoms with Crippen LogP contribution in [0, 0.1) is 0 Å². The van der Waals surface area contributed by atoms with Crippen molar-refractivity contribution in [3.05, 3.63) is 60.2 Å². The van der Waals surface area contributed by atoms with Crippen LogP contribution < -0.4 is 5.73 Å². The van der Waals surface area contributed by atoms with Crippen molar-refractivity contribution in [2.75, 3.05) is 5.73 Å². The van der Waals surface area contributed by atoms with Gasteiger partial charge in [0.1, 0.15) is 0 Å². The SMILES string of the molecule is C/C=C(/C)c1cccc(-c2ccc(N)cc2)c1. The van der Waals surface area contributed by atoms with Crippen LogP contribution in [0.2, 0.25) is 0 Å². The molecule has 2 rings (SSSR count). The Hall–Kier alpha value is -2.02. The van der Waals surface area contributed by atoms with Crippen molar-refractivity contribution in [3.8, 4) is 11.1 Å². The Balaban J connectivity index is 2.43. The Bertz CT molecular complexity index is 536. The topological polar surface area (TPSA) is 26.0 Å². The molecule has 0 unspecified atom stereocenters. The lowest BCUT2D eigenvalue weighted by Crippen LogP contribution is -1.85. The summed E-state index contributed by atoms with van der Waals surface area (Å²) in [5.74, 6) is 0. The summed E-state index contributed by atoms with van der Waals surface area (Å²) in [5.41, 5.74) is 11.5. The van der Waals surface area contributed by atoms with Gasteiger partial charge in [0, 0.05) is 5.69 Å². The molecular weight excluding hydrogens is 206 g/mol. The van der Waals surface area contributed by atoms with Gasteiger partial charge < -0.3 is 5.73 Å². The minimum atomic E-state index is 0.800. The Morgan fingerprint density at radius 1 is 1.00 bits per heavy atom. The van der Waals surface area contributed by atoms with Crippen LogP contribution in [0.1, 0.15) is 19.4 Å². The van der Waals surface area contributed by atoms with Crippen molar-refractivity contribution in [1.82, 2.24) is 0 Å². The second-order valence-electron chi connectivity index (χ2n) is 4.17. The number of nitrogen functional groups attached to an aromatic ring is 1. The standard InChI is InChI=1S/C16H17N/c1-3-12(2)14-5-4-6-15(11-14)13-7-9-16(17)10-8-13/h3-11H,17H2,1-2H3/b12-3-. The van der Waals surface area contributed by atoms with Crippen molar-refractivity contribution in [1.29, 1.82) is 0 Å². The van der Waals surface area contributed by atoms with Gasteiger partial charge in [-0.15, -0.1) is 0 Å². The van der Waals surface area contributed by atoms with E-state index in [-0.39, 0.29) is 0 Å². The van der Waals surface area contributed by atoms with Crippen molar-refractivity contribution in [2.24, 2.45) is 0 Å². The molecule has 0 saturated heterocycles. The highest BCUT2D eigenvalue weighted by molar-refractivity contribution is 5.72. The maximum absolute atomic E-state index is 5.70. The fourth-order valence-corrected chi connectivity index (χ4v) is 1.79. The molecule has 86 valence electrons. The number of allylic oxidation sites excluding steroid dienone is 2. The highest BCUT2D eigenvalue weighted by Crippen LogP contribution is 2.24. The van der Waals surface area contributed by atoms with E-state index in [0.29, 0.717) is 0 Å². The van der Waals surface area contributed by atoms with Gasteiger partial charge in [0.25, 0.3) is 0 Å². The fourth-order valence-electron chi connectivity index (χ4n) is 1.79. The first kappa shape index (κ1) is 11.5. The molecular formula is C16H17N.